The summed E-state index contributed by atoms with van der Waals surface area (Å²) < 4.78 is 6.20. The fourth-order valence-electron chi connectivity index (χ4n) is 5.14. The summed E-state index contributed by atoms with van der Waals surface area (Å²) in [5, 5.41) is 4.79. The van der Waals surface area contributed by atoms with E-state index in [2.05, 4.69) is 46.2 Å². The van der Waals surface area contributed by atoms with Crippen LogP contribution >= 0.6 is 0 Å². The Hall–Kier alpha value is -3.32. The Labute approximate surface area is 205 Å². The van der Waals surface area contributed by atoms with Crippen LogP contribution in [0.25, 0.3) is 33.3 Å². The number of hydrogen-bond donors (Lipinski definition) is 1. The molecular formula is C28H31N5O2. The average Bonchev–Trinajstić information content (AvgIpc) is 3.63. The number of nitrogens with one attached hydrogen (secondary N) is 1. The maximum Gasteiger partial charge on any atom is 0.229 e. The fourth-order valence-corrected chi connectivity index (χ4v) is 5.14. The van der Waals surface area contributed by atoms with Crippen LogP contribution in [0, 0.1) is 12.8 Å². The van der Waals surface area contributed by atoms with Crippen LogP contribution < -0.4 is 5.32 Å². The van der Waals surface area contributed by atoms with Gasteiger partial charge in [-0.05, 0) is 82.7 Å². The van der Waals surface area contributed by atoms with Crippen molar-refractivity contribution in [1.82, 2.24) is 19.9 Å². The number of anilines is 1. The van der Waals surface area contributed by atoms with Crippen molar-refractivity contribution in [3.8, 4) is 11.5 Å². The summed E-state index contributed by atoms with van der Waals surface area (Å²) in [6, 6.07) is 8.89. The minimum atomic E-state index is 0.0392. The molecule has 180 valence electrons. The fraction of sp³-hybridized carbons (Fsp3) is 0.429. The smallest absolute Gasteiger partial charge is 0.229 e. The summed E-state index contributed by atoms with van der Waals surface area (Å²) >= 11 is 0. The van der Waals surface area contributed by atoms with E-state index >= 15 is 0 Å². The topological polar surface area (TPSA) is 84.2 Å². The summed E-state index contributed by atoms with van der Waals surface area (Å²) in [6.07, 6.45) is 7.91. The molecule has 2 aliphatic rings. The Balaban J connectivity index is 1.36. The second kappa shape index (κ2) is 8.72. The molecular weight excluding hydrogens is 438 g/mol. The Morgan fingerprint density at radius 2 is 1.97 bits per heavy atom. The second-order valence-corrected chi connectivity index (χ2v) is 10.3. The average molecular weight is 470 g/mol. The third-order valence-corrected chi connectivity index (χ3v) is 7.47. The monoisotopic (exact) mass is 469 g/mol. The number of hydrogen-bond acceptors (Lipinski definition) is 6. The first-order valence-corrected chi connectivity index (χ1v) is 12.7. The van der Waals surface area contributed by atoms with Gasteiger partial charge in [0, 0.05) is 47.4 Å². The van der Waals surface area contributed by atoms with Crippen molar-refractivity contribution in [1.29, 1.82) is 0 Å². The molecule has 1 saturated carbocycles. The zero-order valence-corrected chi connectivity index (χ0v) is 20.5. The van der Waals surface area contributed by atoms with Crippen molar-refractivity contribution in [3.05, 3.63) is 47.9 Å². The van der Waals surface area contributed by atoms with Gasteiger partial charge in [-0.2, -0.15) is 0 Å². The van der Waals surface area contributed by atoms with E-state index in [9.17, 15) is 4.79 Å². The van der Waals surface area contributed by atoms with Gasteiger partial charge in [0.25, 0.3) is 0 Å². The van der Waals surface area contributed by atoms with Crippen LogP contribution in [0.4, 0.5) is 5.82 Å². The van der Waals surface area contributed by atoms with E-state index in [0.29, 0.717) is 23.7 Å². The van der Waals surface area contributed by atoms with Crippen molar-refractivity contribution in [2.45, 2.75) is 58.4 Å². The Bertz CT molecular complexity index is 1420. The normalized spacial score (nSPS) is 19.0. The molecule has 1 N–H and O–H groups in total. The number of oxazole rings is 1. The third kappa shape index (κ3) is 4.29. The molecule has 1 unspecified atom stereocenters. The minimum Gasteiger partial charge on any atom is -0.436 e. The van der Waals surface area contributed by atoms with Gasteiger partial charge in [-0.3, -0.25) is 9.78 Å². The predicted octanol–water partition coefficient (Wildman–Crippen LogP) is 5.68. The summed E-state index contributed by atoms with van der Waals surface area (Å²) in [7, 11) is 0. The second-order valence-electron chi connectivity index (χ2n) is 10.3. The van der Waals surface area contributed by atoms with Crippen molar-refractivity contribution >= 4 is 33.6 Å². The molecule has 7 nitrogen and oxygen atoms in total. The Morgan fingerprint density at radius 1 is 1.11 bits per heavy atom. The SMILES string of the molecule is Cc1ncc(-c2nc3cc(C4CCCN(C(C)C)C4)ccc3o2)c2cc(NC(=O)C3CC3)ncc12. The molecule has 6 rings (SSSR count). The molecule has 0 bridgehead atoms. The number of carbonyl (C=O) groups is 1. The van der Waals surface area contributed by atoms with Crippen molar-refractivity contribution < 1.29 is 9.21 Å². The standard InChI is InChI=1S/C28H31N5O2/c1-16(2)33-10-4-5-20(15-33)19-8-9-25-24(11-19)31-28(35-25)23-14-29-17(3)22-13-30-26(12-21(22)23)32-27(34)18-6-7-18/h8-9,11-14,16,18,20H,4-7,10,15H2,1-3H3,(H,30,32,34). The molecule has 0 spiro atoms. The zero-order chi connectivity index (χ0) is 24.1. The van der Waals surface area contributed by atoms with Crippen molar-refractivity contribution in [2.75, 3.05) is 18.4 Å². The van der Waals surface area contributed by atoms with Gasteiger partial charge in [0.1, 0.15) is 11.3 Å². The molecule has 1 aliphatic carbocycles. The van der Waals surface area contributed by atoms with Crippen LogP contribution in [0.2, 0.25) is 0 Å². The summed E-state index contributed by atoms with van der Waals surface area (Å²) in [6.45, 7) is 8.76. The molecule has 7 heteroatoms. The highest BCUT2D eigenvalue weighted by molar-refractivity contribution is 6.00. The lowest BCUT2D eigenvalue weighted by Gasteiger charge is -2.35. The number of amides is 1. The third-order valence-electron chi connectivity index (χ3n) is 7.47. The number of pyridine rings is 2. The summed E-state index contributed by atoms with van der Waals surface area (Å²) in [5.41, 5.74) is 4.64. The lowest BCUT2D eigenvalue weighted by molar-refractivity contribution is -0.117. The highest BCUT2D eigenvalue weighted by Crippen LogP contribution is 2.35. The number of fused-ring (bicyclic) bond motifs is 2. The van der Waals surface area contributed by atoms with E-state index in [4.69, 9.17) is 9.40 Å². The number of rotatable bonds is 5. The molecule has 2 fully saturated rings. The molecule has 3 aromatic heterocycles. The van der Waals surface area contributed by atoms with Gasteiger partial charge < -0.3 is 14.6 Å². The Morgan fingerprint density at radius 3 is 2.77 bits per heavy atom. The molecule has 4 heterocycles. The van der Waals surface area contributed by atoms with E-state index in [-0.39, 0.29) is 11.8 Å². The quantitative estimate of drug-likeness (QED) is 0.405. The minimum absolute atomic E-state index is 0.0392. The van der Waals surface area contributed by atoms with E-state index in [1.807, 2.05) is 19.1 Å². The predicted molar refractivity (Wildman–Crippen MR) is 137 cm³/mol. The molecule has 1 saturated heterocycles. The molecule has 4 aromatic rings. The first-order chi connectivity index (χ1) is 17.0. The van der Waals surface area contributed by atoms with Crippen LogP contribution in [0.15, 0.2) is 41.1 Å². The van der Waals surface area contributed by atoms with Crippen molar-refractivity contribution in [2.24, 2.45) is 5.92 Å². The van der Waals surface area contributed by atoms with Crippen LogP contribution in [0.1, 0.15) is 56.7 Å². The molecule has 1 aromatic carbocycles. The van der Waals surface area contributed by atoms with Crippen LogP contribution in [-0.4, -0.2) is 44.9 Å². The highest BCUT2D eigenvalue weighted by atomic mass is 16.3. The Kier molecular flexibility index (Phi) is 5.52. The van der Waals surface area contributed by atoms with Gasteiger partial charge in [-0.15, -0.1) is 0 Å². The number of carbonyl (C=O) groups excluding carboxylic acids is 1. The molecule has 0 radical (unpaired) electrons. The van der Waals surface area contributed by atoms with Gasteiger partial charge in [0.05, 0.1) is 5.56 Å². The number of aromatic nitrogens is 3. The van der Waals surface area contributed by atoms with Crippen LogP contribution in [-0.2, 0) is 4.79 Å². The van der Waals surface area contributed by atoms with E-state index in [1.54, 1.807) is 12.4 Å². The summed E-state index contributed by atoms with van der Waals surface area (Å²) in [4.78, 5) is 28.7. The van der Waals surface area contributed by atoms with E-state index in [0.717, 1.165) is 52.5 Å². The lowest BCUT2D eigenvalue weighted by Crippen LogP contribution is -2.39. The number of aryl methyl sites for hydroxylation is 1. The maximum atomic E-state index is 12.3. The highest BCUT2D eigenvalue weighted by Gasteiger charge is 2.30. The van der Waals surface area contributed by atoms with Gasteiger partial charge in [-0.25, -0.2) is 9.97 Å². The van der Waals surface area contributed by atoms with Crippen LogP contribution in [0.5, 0.6) is 0 Å². The maximum absolute atomic E-state index is 12.3. The molecule has 1 amide bonds. The van der Waals surface area contributed by atoms with Gasteiger partial charge in [-0.1, -0.05) is 6.07 Å². The van der Waals surface area contributed by atoms with Gasteiger partial charge in [0.2, 0.25) is 11.8 Å². The lowest BCUT2D eigenvalue weighted by atomic mass is 9.90. The first kappa shape index (κ1) is 22.2. The van der Waals surface area contributed by atoms with Crippen LogP contribution in [0.3, 0.4) is 0 Å². The number of piperidine rings is 1. The molecule has 35 heavy (non-hydrogen) atoms. The molecule has 1 aliphatic heterocycles. The molecule has 1 atom stereocenters. The van der Waals surface area contributed by atoms with Gasteiger partial charge in [0.15, 0.2) is 5.58 Å². The van der Waals surface area contributed by atoms with Crippen molar-refractivity contribution in [3.63, 3.8) is 0 Å². The first-order valence-electron chi connectivity index (χ1n) is 12.7. The summed E-state index contributed by atoms with van der Waals surface area (Å²) in [5.74, 6) is 1.76. The number of benzene rings is 1. The number of nitrogens with zero attached hydrogens (tertiary/aromatic N) is 4. The van der Waals surface area contributed by atoms with E-state index in [1.165, 1.54) is 24.9 Å². The van der Waals surface area contributed by atoms with Gasteiger partial charge >= 0.3 is 0 Å². The zero-order valence-electron chi connectivity index (χ0n) is 20.5. The number of likely N-dealkylation sites (tertiary alicyclic amines) is 1. The largest absolute Gasteiger partial charge is 0.436 e. The van der Waals surface area contributed by atoms with E-state index < -0.39 is 0 Å².